The van der Waals surface area contributed by atoms with E-state index in [4.69, 9.17) is 5.73 Å². The Morgan fingerprint density at radius 1 is 1.18 bits per heavy atom. The second kappa shape index (κ2) is 4.24. The molecule has 2 rings (SSSR count). The van der Waals surface area contributed by atoms with Gasteiger partial charge in [0.15, 0.2) is 0 Å². The summed E-state index contributed by atoms with van der Waals surface area (Å²) in [6.07, 6.45) is 0. The van der Waals surface area contributed by atoms with Crippen LogP contribution in [0.15, 0.2) is 24.3 Å². The summed E-state index contributed by atoms with van der Waals surface area (Å²) < 4.78 is 1.91. The number of nitrogens with two attached hydrogens (primary N) is 1. The van der Waals surface area contributed by atoms with Gasteiger partial charge in [-0.25, -0.2) is 4.98 Å². The van der Waals surface area contributed by atoms with E-state index < -0.39 is 0 Å². The predicted octanol–water partition coefficient (Wildman–Crippen LogP) is 3.10. The van der Waals surface area contributed by atoms with Crippen LogP contribution >= 0.6 is 0 Å². The molecular weight excluding hydrogens is 210 g/mol. The second-order valence-electron chi connectivity index (χ2n) is 4.74. The predicted molar refractivity (Wildman–Crippen MR) is 71.9 cm³/mol. The molecule has 0 amide bonds. The van der Waals surface area contributed by atoms with E-state index in [9.17, 15) is 0 Å². The highest BCUT2D eigenvalue weighted by Crippen LogP contribution is 2.25. The summed E-state index contributed by atoms with van der Waals surface area (Å²) in [4.78, 5) is 4.40. The zero-order chi connectivity index (χ0) is 12.6. The van der Waals surface area contributed by atoms with Crippen molar-refractivity contribution < 1.29 is 0 Å². The average Bonchev–Trinajstić information content (AvgIpc) is 2.57. The zero-order valence-corrected chi connectivity index (χ0v) is 10.9. The number of nitrogen functional groups attached to an aromatic ring is 1. The van der Waals surface area contributed by atoms with Crippen LogP contribution in [0, 0.1) is 6.92 Å². The molecule has 3 nitrogen and oxygen atoms in total. The molecule has 0 aliphatic heterocycles. The van der Waals surface area contributed by atoms with Crippen LogP contribution in [-0.4, -0.2) is 9.55 Å². The van der Waals surface area contributed by atoms with Gasteiger partial charge in [-0.2, -0.15) is 0 Å². The molecule has 2 N–H and O–H groups in total. The third-order valence-corrected chi connectivity index (χ3v) is 3.27. The lowest BCUT2D eigenvalue weighted by atomic mass is 10.0. The van der Waals surface area contributed by atoms with Gasteiger partial charge in [0, 0.05) is 18.3 Å². The first kappa shape index (κ1) is 11.7. The molecule has 0 radical (unpaired) electrons. The van der Waals surface area contributed by atoms with E-state index in [1.165, 1.54) is 5.56 Å². The van der Waals surface area contributed by atoms with E-state index in [1.807, 2.05) is 18.5 Å². The van der Waals surface area contributed by atoms with Gasteiger partial charge in [-0.05, 0) is 18.4 Å². The van der Waals surface area contributed by atoms with Crippen LogP contribution in [0.5, 0.6) is 0 Å². The Hall–Kier alpha value is -1.77. The van der Waals surface area contributed by atoms with Crippen molar-refractivity contribution in [1.29, 1.82) is 0 Å². The lowest BCUT2D eigenvalue weighted by Gasteiger charge is -2.06. The van der Waals surface area contributed by atoms with Crippen molar-refractivity contribution in [2.75, 3.05) is 5.73 Å². The number of aromatic nitrogens is 2. The molecule has 0 saturated heterocycles. The van der Waals surface area contributed by atoms with E-state index >= 15 is 0 Å². The molecule has 17 heavy (non-hydrogen) atoms. The molecule has 1 aromatic carbocycles. The molecule has 1 heterocycles. The lowest BCUT2D eigenvalue weighted by Crippen LogP contribution is -1.97. The number of hydrogen-bond donors (Lipinski definition) is 1. The van der Waals surface area contributed by atoms with Gasteiger partial charge in [0.25, 0.3) is 0 Å². The lowest BCUT2D eigenvalue weighted by molar-refractivity contribution is 0.867. The summed E-state index contributed by atoms with van der Waals surface area (Å²) >= 11 is 0. The van der Waals surface area contributed by atoms with Gasteiger partial charge in [0.2, 0.25) is 5.95 Å². The quantitative estimate of drug-likeness (QED) is 0.860. The van der Waals surface area contributed by atoms with E-state index in [-0.39, 0.29) is 0 Å². The van der Waals surface area contributed by atoms with Gasteiger partial charge in [0.05, 0.1) is 5.69 Å². The third-order valence-electron chi connectivity index (χ3n) is 3.27. The minimum atomic E-state index is 0.555. The zero-order valence-electron chi connectivity index (χ0n) is 10.9. The molecule has 2 aromatic rings. The maximum atomic E-state index is 5.81. The molecule has 0 spiro atoms. The molecule has 0 aliphatic rings. The van der Waals surface area contributed by atoms with Crippen molar-refractivity contribution in [3.05, 3.63) is 35.5 Å². The Bertz CT molecular complexity index is 521. The van der Waals surface area contributed by atoms with Crippen LogP contribution in [0.25, 0.3) is 11.3 Å². The minimum absolute atomic E-state index is 0.555. The third kappa shape index (κ3) is 2.05. The van der Waals surface area contributed by atoms with Crippen LogP contribution in [0.3, 0.4) is 0 Å². The number of hydrogen-bond acceptors (Lipinski definition) is 2. The molecule has 0 saturated carbocycles. The summed E-state index contributed by atoms with van der Waals surface area (Å²) in [7, 11) is 1.93. The number of anilines is 1. The molecule has 1 aromatic heterocycles. The fraction of sp³-hybridized carbons (Fsp3) is 0.357. The summed E-state index contributed by atoms with van der Waals surface area (Å²) in [5.74, 6) is 1.12. The molecule has 0 bridgehead atoms. The standard InChI is InChI=1S/C14H19N3/c1-9(2)11-5-7-12(8-6-11)13-10(3)17(4)14(15)16-13/h5-9H,1-4H3,(H2,15,16). The molecule has 3 heteroatoms. The number of rotatable bonds is 2. The van der Waals surface area contributed by atoms with Crippen LogP contribution < -0.4 is 5.73 Å². The van der Waals surface area contributed by atoms with Gasteiger partial charge in [-0.3, -0.25) is 0 Å². The van der Waals surface area contributed by atoms with Gasteiger partial charge >= 0.3 is 0 Å². The topological polar surface area (TPSA) is 43.8 Å². The summed E-state index contributed by atoms with van der Waals surface area (Å²) in [5.41, 5.74) is 10.3. The van der Waals surface area contributed by atoms with Gasteiger partial charge < -0.3 is 10.3 Å². The Kier molecular flexibility index (Phi) is 2.92. The average molecular weight is 229 g/mol. The highest BCUT2D eigenvalue weighted by molar-refractivity contribution is 5.64. The molecule has 0 fully saturated rings. The van der Waals surface area contributed by atoms with Gasteiger partial charge in [-0.1, -0.05) is 38.1 Å². The normalized spacial score (nSPS) is 11.1. The first-order valence-electron chi connectivity index (χ1n) is 5.90. The van der Waals surface area contributed by atoms with E-state index in [2.05, 4.69) is 43.1 Å². The summed E-state index contributed by atoms with van der Waals surface area (Å²) in [6, 6.07) is 8.54. The smallest absolute Gasteiger partial charge is 0.200 e. The van der Waals surface area contributed by atoms with Crippen molar-refractivity contribution in [3.63, 3.8) is 0 Å². The van der Waals surface area contributed by atoms with Crippen LogP contribution in [0.1, 0.15) is 31.0 Å². The van der Waals surface area contributed by atoms with Crippen molar-refractivity contribution in [3.8, 4) is 11.3 Å². The molecule has 90 valence electrons. The second-order valence-corrected chi connectivity index (χ2v) is 4.74. The van der Waals surface area contributed by atoms with Crippen molar-refractivity contribution in [2.45, 2.75) is 26.7 Å². The van der Waals surface area contributed by atoms with Crippen molar-refractivity contribution in [1.82, 2.24) is 9.55 Å². The molecule has 0 atom stereocenters. The van der Waals surface area contributed by atoms with Crippen LogP contribution in [-0.2, 0) is 7.05 Å². The summed E-state index contributed by atoms with van der Waals surface area (Å²) in [5, 5.41) is 0. The van der Waals surface area contributed by atoms with E-state index in [1.54, 1.807) is 0 Å². The fourth-order valence-corrected chi connectivity index (χ4v) is 1.90. The minimum Gasteiger partial charge on any atom is -0.369 e. The van der Waals surface area contributed by atoms with Gasteiger partial charge in [-0.15, -0.1) is 0 Å². The number of benzene rings is 1. The Morgan fingerprint density at radius 2 is 1.76 bits per heavy atom. The maximum Gasteiger partial charge on any atom is 0.200 e. The largest absolute Gasteiger partial charge is 0.369 e. The van der Waals surface area contributed by atoms with Crippen molar-refractivity contribution in [2.24, 2.45) is 7.05 Å². The highest BCUT2D eigenvalue weighted by atomic mass is 15.1. The molecular formula is C14H19N3. The fourth-order valence-electron chi connectivity index (χ4n) is 1.90. The van der Waals surface area contributed by atoms with Crippen molar-refractivity contribution >= 4 is 5.95 Å². The SMILES string of the molecule is Cc1c(-c2ccc(C(C)C)cc2)nc(N)n1C. The Morgan fingerprint density at radius 3 is 2.18 bits per heavy atom. The molecule has 0 unspecified atom stereocenters. The first-order valence-corrected chi connectivity index (χ1v) is 5.90. The van der Waals surface area contributed by atoms with Gasteiger partial charge in [0.1, 0.15) is 0 Å². The summed E-state index contributed by atoms with van der Waals surface area (Å²) in [6.45, 7) is 6.42. The molecule has 0 aliphatic carbocycles. The maximum absolute atomic E-state index is 5.81. The highest BCUT2D eigenvalue weighted by Gasteiger charge is 2.10. The Balaban J connectivity index is 2.43. The van der Waals surface area contributed by atoms with E-state index in [0.29, 0.717) is 11.9 Å². The van der Waals surface area contributed by atoms with E-state index in [0.717, 1.165) is 17.0 Å². The first-order chi connectivity index (χ1) is 8.00. The monoisotopic (exact) mass is 229 g/mol. The van der Waals surface area contributed by atoms with Crippen LogP contribution in [0.2, 0.25) is 0 Å². The number of imidazole rings is 1. The Labute approximate surface area is 102 Å². The van der Waals surface area contributed by atoms with Crippen LogP contribution in [0.4, 0.5) is 5.95 Å². The number of nitrogens with zero attached hydrogens (tertiary/aromatic N) is 2.